The smallest absolute Gasteiger partial charge is 0.368 e. The van der Waals surface area contributed by atoms with Crippen LogP contribution in [0.2, 0.25) is 5.02 Å². The first-order valence-electron chi connectivity index (χ1n) is 6.52. The van der Waals surface area contributed by atoms with E-state index < -0.39 is 17.8 Å². The molecule has 0 heterocycles. The second kappa shape index (κ2) is 7.36. The minimum atomic E-state index is -4.51. The van der Waals surface area contributed by atoms with Crippen LogP contribution in [-0.4, -0.2) is 12.5 Å². The van der Waals surface area contributed by atoms with E-state index in [9.17, 15) is 13.2 Å². The first-order valence-corrected chi connectivity index (χ1v) is 7.44. The summed E-state index contributed by atoms with van der Waals surface area (Å²) in [4.78, 5) is 0. The highest BCUT2D eigenvalue weighted by Gasteiger charge is 2.34. The van der Waals surface area contributed by atoms with Crippen LogP contribution in [0.15, 0.2) is 48.5 Å². The van der Waals surface area contributed by atoms with Crippen molar-refractivity contribution < 1.29 is 17.9 Å². The van der Waals surface area contributed by atoms with Gasteiger partial charge in [0.05, 0.1) is 17.2 Å². The zero-order chi connectivity index (χ0) is 16.2. The molecule has 118 valence electrons. The molecule has 1 unspecified atom stereocenters. The van der Waals surface area contributed by atoms with Gasteiger partial charge in [0.1, 0.15) is 6.10 Å². The van der Waals surface area contributed by atoms with E-state index in [4.69, 9.17) is 27.9 Å². The lowest BCUT2D eigenvalue weighted by Crippen LogP contribution is -2.11. The molecule has 0 fully saturated rings. The summed E-state index contributed by atoms with van der Waals surface area (Å²) in [6.07, 6.45) is -5.14. The molecule has 0 saturated carbocycles. The Labute approximate surface area is 136 Å². The maximum Gasteiger partial charge on any atom is 0.417 e. The molecule has 2 aromatic carbocycles. The summed E-state index contributed by atoms with van der Waals surface area (Å²) < 4.78 is 44.6. The van der Waals surface area contributed by atoms with Crippen LogP contribution in [0, 0.1) is 0 Å². The van der Waals surface area contributed by atoms with Gasteiger partial charge >= 0.3 is 6.18 Å². The second-order valence-electron chi connectivity index (χ2n) is 4.59. The number of hydrogen-bond acceptors (Lipinski definition) is 1. The van der Waals surface area contributed by atoms with Crippen molar-refractivity contribution in [3.05, 3.63) is 70.2 Å². The van der Waals surface area contributed by atoms with Crippen molar-refractivity contribution in [2.75, 3.05) is 12.5 Å². The molecule has 0 N–H and O–H groups in total. The van der Waals surface area contributed by atoms with Gasteiger partial charge in [0.2, 0.25) is 0 Å². The molecule has 2 rings (SSSR count). The van der Waals surface area contributed by atoms with Crippen LogP contribution >= 0.6 is 23.2 Å². The molecule has 0 spiro atoms. The summed E-state index contributed by atoms with van der Waals surface area (Å²) in [5.41, 5.74) is 0.262. The van der Waals surface area contributed by atoms with Crippen LogP contribution in [0.3, 0.4) is 0 Å². The molecule has 0 aliphatic rings. The Balaban J connectivity index is 2.44. The maximum atomic E-state index is 13.0. The third-order valence-electron chi connectivity index (χ3n) is 3.06. The number of rotatable bonds is 5. The Hall–Kier alpha value is -1.23. The van der Waals surface area contributed by atoms with Crippen molar-refractivity contribution in [3.63, 3.8) is 0 Å². The highest BCUT2D eigenvalue weighted by Crippen LogP contribution is 2.37. The summed E-state index contributed by atoms with van der Waals surface area (Å²) in [6.45, 7) is 0.227. The van der Waals surface area contributed by atoms with Crippen LogP contribution in [0.5, 0.6) is 0 Å². The van der Waals surface area contributed by atoms with Crippen molar-refractivity contribution in [2.24, 2.45) is 0 Å². The minimum absolute atomic E-state index is 0.227. The Morgan fingerprint density at radius 2 is 1.68 bits per heavy atom. The molecule has 0 bridgehead atoms. The highest BCUT2D eigenvalue weighted by molar-refractivity contribution is 6.31. The van der Waals surface area contributed by atoms with Gasteiger partial charge in [-0.05, 0) is 23.3 Å². The number of halogens is 5. The normalized spacial score (nSPS) is 13.1. The number of hydrogen-bond donors (Lipinski definition) is 0. The predicted octanol–water partition coefficient (Wildman–Crippen LogP) is 5.70. The van der Waals surface area contributed by atoms with Crippen LogP contribution < -0.4 is 0 Å². The van der Waals surface area contributed by atoms with E-state index >= 15 is 0 Å². The van der Waals surface area contributed by atoms with Gasteiger partial charge in [0.25, 0.3) is 0 Å². The van der Waals surface area contributed by atoms with Gasteiger partial charge in [0, 0.05) is 5.88 Å². The molecule has 1 atom stereocenters. The molecule has 22 heavy (non-hydrogen) atoms. The number of alkyl halides is 4. The quantitative estimate of drug-likeness (QED) is 0.629. The monoisotopic (exact) mass is 348 g/mol. The lowest BCUT2D eigenvalue weighted by molar-refractivity contribution is -0.137. The molecular weight excluding hydrogens is 336 g/mol. The lowest BCUT2D eigenvalue weighted by atomic mass is 9.99. The van der Waals surface area contributed by atoms with Gasteiger partial charge in [0.15, 0.2) is 0 Å². The zero-order valence-electron chi connectivity index (χ0n) is 11.4. The van der Waals surface area contributed by atoms with E-state index in [1.807, 2.05) is 6.07 Å². The maximum absolute atomic E-state index is 13.0. The van der Waals surface area contributed by atoms with E-state index in [1.54, 1.807) is 24.3 Å². The van der Waals surface area contributed by atoms with Crippen molar-refractivity contribution in [2.45, 2.75) is 12.3 Å². The number of ether oxygens (including phenoxy) is 1. The summed E-state index contributed by atoms with van der Waals surface area (Å²) in [7, 11) is 0. The Bertz CT molecular complexity index is 615. The summed E-state index contributed by atoms with van der Waals surface area (Å²) >= 11 is 11.3. The largest absolute Gasteiger partial charge is 0.417 e. The highest BCUT2D eigenvalue weighted by atomic mass is 35.5. The molecule has 2 aromatic rings. The van der Waals surface area contributed by atoms with Crippen LogP contribution in [-0.2, 0) is 10.9 Å². The van der Waals surface area contributed by atoms with Crippen molar-refractivity contribution in [1.29, 1.82) is 0 Å². The van der Waals surface area contributed by atoms with Crippen molar-refractivity contribution in [3.8, 4) is 0 Å². The van der Waals surface area contributed by atoms with Gasteiger partial charge in [-0.3, -0.25) is 0 Å². The fraction of sp³-hybridized carbons (Fsp3) is 0.250. The molecule has 0 saturated heterocycles. The summed E-state index contributed by atoms with van der Waals surface area (Å²) in [6, 6.07) is 12.8. The Kier molecular flexibility index (Phi) is 5.73. The fourth-order valence-corrected chi connectivity index (χ4v) is 2.41. The molecule has 6 heteroatoms. The molecule has 0 aliphatic carbocycles. The van der Waals surface area contributed by atoms with E-state index in [0.717, 1.165) is 11.6 Å². The molecule has 0 radical (unpaired) electrons. The van der Waals surface area contributed by atoms with Crippen molar-refractivity contribution >= 4 is 23.2 Å². The molecule has 0 aliphatic heterocycles. The Morgan fingerprint density at radius 1 is 1.00 bits per heavy atom. The standard InChI is InChI=1S/C16H13Cl2F3O/c17-8-9-22-15(11-4-2-1-3-5-11)12-6-7-14(18)13(10-12)16(19,20)21/h1-7,10,15H,8-9H2. The zero-order valence-corrected chi connectivity index (χ0v) is 12.9. The first kappa shape index (κ1) is 17.1. The fourth-order valence-electron chi connectivity index (χ4n) is 2.10. The van der Waals surface area contributed by atoms with Gasteiger partial charge in [-0.25, -0.2) is 0 Å². The van der Waals surface area contributed by atoms with Crippen molar-refractivity contribution in [1.82, 2.24) is 0 Å². The molecule has 0 amide bonds. The third-order valence-corrected chi connectivity index (χ3v) is 3.55. The van der Waals surface area contributed by atoms with Gasteiger partial charge in [-0.1, -0.05) is 48.0 Å². The average molecular weight is 349 g/mol. The lowest BCUT2D eigenvalue weighted by Gasteiger charge is -2.20. The molecule has 0 aromatic heterocycles. The van der Waals surface area contributed by atoms with E-state index in [-0.39, 0.29) is 17.5 Å². The third kappa shape index (κ3) is 4.15. The van der Waals surface area contributed by atoms with Gasteiger partial charge < -0.3 is 4.74 Å². The van der Waals surface area contributed by atoms with Gasteiger partial charge in [-0.2, -0.15) is 13.2 Å². The number of benzene rings is 2. The predicted molar refractivity (Wildman–Crippen MR) is 81.4 cm³/mol. The van der Waals surface area contributed by atoms with Gasteiger partial charge in [-0.15, -0.1) is 11.6 Å². The first-order chi connectivity index (χ1) is 10.4. The Morgan fingerprint density at radius 3 is 2.27 bits per heavy atom. The van der Waals surface area contributed by atoms with Crippen LogP contribution in [0.25, 0.3) is 0 Å². The SMILES string of the molecule is FC(F)(F)c1cc(C(OCCCl)c2ccccc2)ccc1Cl. The topological polar surface area (TPSA) is 9.23 Å². The minimum Gasteiger partial charge on any atom is -0.368 e. The summed E-state index contributed by atoms with van der Waals surface area (Å²) in [5, 5.41) is -0.333. The average Bonchev–Trinajstić information content (AvgIpc) is 2.49. The molecular formula is C16H13Cl2F3O. The summed E-state index contributed by atoms with van der Waals surface area (Å²) in [5.74, 6) is 0.253. The van der Waals surface area contributed by atoms with E-state index in [1.165, 1.54) is 12.1 Å². The van der Waals surface area contributed by atoms with E-state index in [2.05, 4.69) is 0 Å². The second-order valence-corrected chi connectivity index (χ2v) is 5.37. The van der Waals surface area contributed by atoms with Crippen LogP contribution in [0.4, 0.5) is 13.2 Å². The molecule has 1 nitrogen and oxygen atoms in total. The van der Waals surface area contributed by atoms with E-state index in [0.29, 0.717) is 5.56 Å². The van der Waals surface area contributed by atoms with Crippen LogP contribution in [0.1, 0.15) is 22.8 Å².